The third kappa shape index (κ3) is 7.53. The molecule has 0 heterocycles. The monoisotopic (exact) mass is 248 g/mol. The highest BCUT2D eigenvalue weighted by Gasteiger charge is 2.14. The lowest BCUT2D eigenvalue weighted by molar-refractivity contribution is -0.144. The van der Waals surface area contributed by atoms with Crippen molar-refractivity contribution in [1.29, 1.82) is 0 Å². The van der Waals surface area contributed by atoms with E-state index >= 15 is 0 Å². The Balaban J connectivity index is 3.51. The predicted molar refractivity (Wildman–Crippen MR) is 65.2 cm³/mol. The third-order valence-corrected chi connectivity index (χ3v) is 2.82. The van der Waals surface area contributed by atoms with Crippen LogP contribution in [0.25, 0.3) is 0 Å². The summed E-state index contributed by atoms with van der Waals surface area (Å²) in [5.74, 6) is 0.796. The molecule has 0 aromatic carbocycles. The number of ether oxygens (including phenoxy) is 1. The van der Waals surface area contributed by atoms with Crippen LogP contribution in [0.15, 0.2) is 0 Å². The highest BCUT2D eigenvalue weighted by atomic mass is 32.2. The molecule has 1 atom stereocenters. The lowest BCUT2D eigenvalue weighted by Gasteiger charge is -2.09. The average Bonchev–Trinajstić information content (AvgIpc) is 2.24. The highest BCUT2D eigenvalue weighted by molar-refractivity contribution is 7.99. The van der Waals surface area contributed by atoms with E-state index in [0.717, 1.165) is 0 Å². The normalized spacial score (nSPS) is 11.9. The van der Waals surface area contributed by atoms with Crippen LogP contribution in [0.1, 0.15) is 20.3 Å². The Morgan fingerprint density at radius 2 is 2.12 bits per heavy atom. The molecule has 1 amide bonds. The van der Waals surface area contributed by atoms with Gasteiger partial charge in [-0.2, -0.15) is 11.8 Å². The molecule has 0 saturated heterocycles. The minimum absolute atomic E-state index is 0.0275. The summed E-state index contributed by atoms with van der Waals surface area (Å²) in [4.78, 5) is 22.2. The van der Waals surface area contributed by atoms with E-state index in [1.54, 1.807) is 6.92 Å². The average molecular weight is 248 g/mol. The number of carbonyl (C=O) groups is 2. The number of hydrogen-bond donors (Lipinski definition) is 2. The van der Waals surface area contributed by atoms with Crippen LogP contribution in [-0.2, 0) is 14.3 Å². The molecular formula is C10H20N2O3S. The summed E-state index contributed by atoms with van der Waals surface area (Å²) < 4.78 is 4.76. The lowest BCUT2D eigenvalue weighted by Crippen LogP contribution is -2.34. The van der Waals surface area contributed by atoms with Crippen LogP contribution in [0.3, 0.4) is 0 Å². The standard InChI is InChI=1S/C10H20N2O3S/c1-3-12-9(13)5-6-16-7-8(11)10(14)15-4-2/h8H,3-7,11H2,1-2H3,(H,12,13). The number of carbonyl (C=O) groups excluding carboxylic acids is 2. The van der Waals surface area contributed by atoms with Crippen molar-refractivity contribution >= 4 is 23.6 Å². The second-order valence-electron chi connectivity index (χ2n) is 3.14. The van der Waals surface area contributed by atoms with Gasteiger partial charge in [0.25, 0.3) is 0 Å². The molecule has 0 aliphatic heterocycles. The largest absolute Gasteiger partial charge is 0.465 e. The maximum atomic E-state index is 11.1. The van der Waals surface area contributed by atoms with Crippen LogP contribution in [-0.4, -0.2) is 42.6 Å². The fourth-order valence-corrected chi connectivity index (χ4v) is 1.86. The molecule has 0 rings (SSSR count). The minimum Gasteiger partial charge on any atom is -0.465 e. The van der Waals surface area contributed by atoms with E-state index in [0.29, 0.717) is 31.1 Å². The van der Waals surface area contributed by atoms with Crippen molar-refractivity contribution in [3.05, 3.63) is 0 Å². The highest BCUT2D eigenvalue weighted by Crippen LogP contribution is 2.04. The summed E-state index contributed by atoms with van der Waals surface area (Å²) in [6.45, 7) is 4.61. The van der Waals surface area contributed by atoms with Gasteiger partial charge in [-0.25, -0.2) is 0 Å². The number of esters is 1. The van der Waals surface area contributed by atoms with Crippen LogP contribution in [0.5, 0.6) is 0 Å². The fourth-order valence-electron chi connectivity index (χ4n) is 0.978. The minimum atomic E-state index is -0.598. The molecule has 16 heavy (non-hydrogen) atoms. The molecule has 94 valence electrons. The Bertz CT molecular complexity index is 224. The predicted octanol–water partition coefficient (Wildman–Crippen LogP) is 0.136. The van der Waals surface area contributed by atoms with E-state index in [1.807, 2.05) is 6.92 Å². The first-order valence-corrected chi connectivity index (χ1v) is 6.53. The van der Waals surface area contributed by atoms with Gasteiger partial charge in [-0.1, -0.05) is 0 Å². The summed E-state index contributed by atoms with van der Waals surface area (Å²) in [7, 11) is 0. The van der Waals surface area contributed by atoms with E-state index in [2.05, 4.69) is 5.32 Å². The molecule has 1 unspecified atom stereocenters. The maximum absolute atomic E-state index is 11.1. The second kappa shape index (κ2) is 9.47. The molecule has 0 aromatic rings. The molecule has 0 fully saturated rings. The van der Waals surface area contributed by atoms with Gasteiger partial charge in [0.1, 0.15) is 6.04 Å². The van der Waals surface area contributed by atoms with E-state index in [9.17, 15) is 9.59 Å². The van der Waals surface area contributed by atoms with Crippen molar-refractivity contribution in [2.75, 3.05) is 24.7 Å². The molecule has 5 nitrogen and oxygen atoms in total. The zero-order valence-electron chi connectivity index (χ0n) is 9.82. The molecule has 0 saturated carbocycles. The van der Waals surface area contributed by atoms with Crippen molar-refractivity contribution in [3.63, 3.8) is 0 Å². The number of hydrogen-bond acceptors (Lipinski definition) is 5. The van der Waals surface area contributed by atoms with Gasteiger partial charge in [0, 0.05) is 24.5 Å². The molecule has 0 radical (unpaired) electrons. The summed E-state index contributed by atoms with van der Waals surface area (Å²) in [6, 6.07) is -0.598. The Morgan fingerprint density at radius 3 is 2.69 bits per heavy atom. The Labute approximate surface area is 100 Å². The molecular weight excluding hydrogens is 228 g/mol. The van der Waals surface area contributed by atoms with Crippen molar-refractivity contribution in [3.8, 4) is 0 Å². The Morgan fingerprint density at radius 1 is 1.44 bits per heavy atom. The first-order chi connectivity index (χ1) is 7.61. The molecule has 6 heteroatoms. The van der Waals surface area contributed by atoms with Gasteiger partial charge in [0.2, 0.25) is 5.91 Å². The smallest absolute Gasteiger partial charge is 0.323 e. The van der Waals surface area contributed by atoms with Crippen LogP contribution >= 0.6 is 11.8 Å². The number of amides is 1. The van der Waals surface area contributed by atoms with E-state index in [4.69, 9.17) is 10.5 Å². The second-order valence-corrected chi connectivity index (χ2v) is 4.29. The van der Waals surface area contributed by atoms with E-state index in [1.165, 1.54) is 11.8 Å². The molecule has 0 spiro atoms. The quantitative estimate of drug-likeness (QED) is 0.471. The molecule has 0 aromatic heterocycles. The van der Waals surface area contributed by atoms with Gasteiger partial charge >= 0.3 is 5.97 Å². The van der Waals surface area contributed by atoms with Crippen LogP contribution in [0, 0.1) is 0 Å². The summed E-state index contributed by atoms with van der Waals surface area (Å²) in [6.07, 6.45) is 0.452. The van der Waals surface area contributed by atoms with Crippen molar-refractivity contribution < 1.29 is 14.3 Å². The van der Waals surface area contributed by atoms with E-state index < -0.39 is 6.04 Å². The van der Waals surface area contributed by atoms with Crippen molar-refractivity contribution in [2.45, 2.75) is 26.3 Å². The zero-order chi connectivity index (χ0) is 12.4. The maximum Gasteiger partial charge on any atom is 0.323 e. The first-order valence-electron chi connectivity index (χ1n) is 5.38. The number of rotatable bonds is 8. The summed E-state index contributed by atoms with van der Waals surface area (Å²) in [5, 5.41) is 2.70. The fraction of sp³-hybridized carbons (Fsp3) is 0.800. The van der Waals surface area contributed by atoms with E-state index in [-0.39, 0.29) is 11.9 Å². The Hall–Kier alpha value is -0.750. The number of nitrogens with two attached hydrogens (primary N) is 1. The molecule has 0 bridgehead atoms. The summed E-state index contributed by atoms with van der Waals surface area (Å²) >= 11 is 1.48. The van der Waals surface area contributed by atoms with Gasteiger partial charge in [-0.15, -0.1) is 0 Å². The van der Waals surface area contributed by atoms with Crippen LogP contribution in [0.4, 0.5) is 0 Å². The first kappa shape index (κ1) is 15.2. The topological polar surface area (TPSA) is 81.4 Å². The lowest BCUT2D eigenvalue weighted by atomic mass is 10.4. The zero-order valence-corrected chi connectivity index (χ0v) is 10.6. The number of nitrogens with one attached hydrogen (secondary N) is 1. The summed E-state index contributed by atoms with van der Waals surface area (Å²) in [5.41, 5.74) is 5.58. The van der Waals surface area contributed by atoms with Gasteiger partial charge in [-0.05, 0) is 13.8 Å². The van der Waals surface area contributed by atoms with Gasteiger partial charge in [0.15, 0.2) is 0 Å². The van der Waals surface area contributed by atoms with Crippen LogP contribution in [0.2, 0.25) is 0 Å². The van der Waals surface area contributed by atoms with Gasteiger partial charge < -0.3 is 15.8 Å². The van der Waals surface area contributed by atoms with Crippen molar-refractivity contribution in [1.82, 2.24) is 5.32 Å². The molecule has 0 aliphatic carbocycles. The number of thioether (sulfide) groups is 1. The molecule has 3 N–H and O–H groups in total. The van der Waals surface area contributed by atoms with Crippen LogP contribution < -0.4 is 11.1 Å². The third-order valence-electron chi connectivity index (χ3n) is 1.73. The Kier molecular flexibility index (Phi) is 9.03. The SMILES string of the molecule is CCNC(=O)CCSCC(N)C(=O)OCC. The van der Waals surface area contributed by atoms with Crippen molar-refractivity contribution in [2.24, 2.45) is 5.73 Å². The molecule has 0 aliphatic rings. The van der Waals surface area contributed by atoms with Gasteiger partial charge in [0.05, 0.1) is 6.61 Å². The van der Waals surface area contributed by atoms with Gasteiger partial charge in [-0.3, -0.25) is 9.59 Å².